The van der Waals surface area contributed by atoms with E-state index in [2.05, 4.69) is 25.8 Å². The zero-order valence-corrected chi connectivity index (χ0v) is 19.5. The number of anilines is 1. The first-order valence-electron chi connectivity index (χ1n) is 10.1. The Morgan fingerprint density at radius 3 is 2.48 bits per heavy atom. The van der Waals surface area contributed by atoms with Gasteiger partial charge in [0.1, 0.15) is 4.90 Å². The molecule has 0 atom stereocenters. The third-order valence-electron chi connectivity index (χ3n) is 5.35. The number of halogens is 1. The summed E-state index contributed by atoms with van der Waals surface area (Å²) < 4.78 is 31.3. The van der Waals surface area contributed by atoms with Gasteiger partial charge in [0, 0.05) is 17.6 Å². The molecule has 1 amide bonds. The summed E-state index contributed by atoms with van der Waals surface area (Å²) in [5.74, 6) is -0.165. The molecule has 4 rings (SSSR count). The molecule has 0 saturated carbocycles. The largest absolute Gasteiger partial charge is 0.339 e. The average molecular weight is 503 g/mol. The molecule has 0 radical (unpaired) electrons. The van der Waals surface area contributed by atoms with Crippen molar-refractivity contribution in [3.63, 3.8) is 0 Å². The van der Waals surface area contributed by atoms with Crippen molar-refractivity contribution < 1.29 is 13.2 Å². The van der Waals surface area contributed by atoms with Gasteiger partial charge in [0.25, 0.3) is 15.9 Å². The quantitative estimate of drug-likeness (QED) is 0.561. The number of piperidine rings is 1. The molecule has 1 N–H and O–H groups in total. The summed E-state index contributed by atoms with van der Waals surface area (Å²) in [6, 6.07) is 14.3. The topological polar surface area (TPSA) is 84.3 Å². The van der Waals surface area contributed by atoms with E-state index < -0.39 is 10.0 Å². The number of benzene rings is 2. The summed E-state index contributed by atoms with van der Waals surface area (Å²) in [6.07, 6.45) is 4.35. The molecule has 1 aliphatic rings. The summed E-state index contributed by atoms with van der Waals surface area (Å²) >= 11 is 3.38. The van der Waals surface area contributed by atoms with Crippen LogP contribution < -0.4 is 4.72 Å². The standard InChI is InChI=1S/C22H23BrN4O3S/c1-16-21(15-24-27(16)18-8-4-2-5-9-18)31(29,30)25-20-14-17(23)10-11-19(20)22(28)26-12-6-3-7-13-26/h2,4-5,8-11,14-15,25H,3,6-7,12-13H2,1H3. The molecule has 0 bridgehead atoms. The number of carbonyl (C=O) groups excluding carboxylic acids is 1. The van der Waals surface area contributed by atoms with Crippen LogP contribution in [0.15, 0.2) is 64.1 Å². The van der Waals surface area contributed by atoms with Crippen molar-refractivity contribution in [2.45, 2.75) is 31.1 Å². The number of amides is 1. The summed E-state index contributed by atoms with van der Waals surface area (Å²) in [7, 11) is -3.96. The highest BCUT2D eigenvalue weighted by atomic mass is 79.9. The number of hydrogen-bond donors (Lipinski definition) is 1. The first-order valence-corrected chi connectivity index (χ1v) is 12.4. The smallest absolute Gasteiger partial charge is 0.265 e. The highest BCUT2D eigenvalue weighted by molar-refractivity contribution is 9.10. The minimum Gasteiger partial charge on any atom is -0.339 e. The number of likely N-dealkylation sites (tertiary alicyclic amines) is 1. The van der Waals surface area contributed by atoms with Crippen LogP contribution >= 0.6 is 15.9 Å². The lowest BCUT2D eigenvalue weighted by Gasteiger charge is -2.27. The maximum absolute atomic E-state index is 13.2. The summed E-state index contributed by atoms with van der Waals surface area (Å²) in [6.45, 7) is 3.07. The van der Waals surface area contributed by atoms with Gasteiger partial charge in [-0.2, -0.15) is 5.10 Å². The highest BCUT2D eigenvalue weighted by Crippen LogP contribution is 2.28. The lowest BCUT2D eigenvalue weighted by atomic mass is 10.1. The molecule has 0 spiro atoms. The SMILES string of the molecule is Cc1c(S(=O)(=O)Nc2cc(Br)ccc2C(=O)N2CCCCC2)cnn1-c1ccccc1. The molecule has 0 unspecified atom stereocenters. The second kappa shape index (κ2) is 8.84. The molecule has 1 aromatic heterocycles. The molecule has 2 heterocycles. The van der Waals surface area contributed by atoms with E-state index in [-0.39, 0.29) is 16.5 Å². The van der Waals surface area contributed by atoms with Crippen molar-refractivity contribution in [2.24, 2.45) is 0 Å². The van der Waals surface area contributed by atoms with E-state index in [0.717, 1.165) is 24.9 Å². The van der Waals surface area contributed by atoms with Gasteiger partial charge in [-0.25, -0.2) is 13.1 Å². The lowest BCUT2D eigenvalue weighted by molar-refractivity contribution is 0.0725. The van der Waals surface area contributed by atoms with Crippen LogP contribution in [0, 0.1) is 6.92 Å². The van der Waals surface area contributed by atoms with Crippen LogP contribution in [-0.2, 0) is 10.0 Å². The van der Waals surface area contributed by atoms with Gasteiger partial charge >= 0.3 is 0 Å². The van der Waals surface area contributed by atoms with E-state index >= 15 is 0 Å². The predicted octanol–water partition coefficient (Wildman–Crippen LogP) is 4.37. The van der Waals surface area contributed by atoms with Crippen LogP contribution in [0.1, 0.15) is 35.3 Å². The third kappa shape index (κ3) is 4.52. The van der Waals surface area contributed by atoms with E-state index in [9.17, 15) is 13.2 Å². The summed E-state index contributed by atoms with van der Waals surface area (Å²) in [5.41, 5.74) is 1.83. The number of nitrogens with zero attached hydrogens (tertiary/aromatic N) is 3. The Bertz CT molecular complexity index is 1200. The molecule has 162 valence electrons. The van der Waals surface area contributed by atoms with Gasteiger partial charge in [0.15, 0.2) is 0 Å². The molecule has 2 aromatic carbocycles. The first kappa shape index (κ1) is 21.6. The van der Waals surface area contributed by atoms with E-state index in [1.165, 1.54) is 6.20 Å². The molecular weight excluding hydrogens is 480 g/mol. The Hall–Kier alpha value is -2.65. The summed E-state index contributed by atoms with van der Waals surface area (Å²) in [5, 5.41) is 4.26. The number of hydrogen-bond acceptors (Lipinski definition) is 4. The molecule has 1 fully saturated rings. The lowest BCUT2D eigenvalue weighted by Crippen LogP contribution is -2.36. The zero-order valence-electron chi connectivity index (χ0n) is 17.1. The van der Waals surface area contributed by atoms with Crippen molar-refractivity contribution >= 4 is 37.5 Å². The Kier molecular flexibility index (Phi) is 6.15. The number of para-hydroxylation sites is 1. The van der Waals surface area contributed by atoms with Crippen LogP contribution in [0.5, 0.6) is 0 Å². The number of sulfonamides is 1. The molecule has 31 heavy (non-hydrogen) atoms. The number of carbonyl (C=O) groups is 1. The second-order valence-electron chi connectivity index (χ2n) is 7.49. The van der Waals surface area contributed by atoms with Crippen molar-refractivity contribution in [1.82, 2.24) is 14.7 Å². The van der Waals surface area contributed by atoms with E-state index in [0.29, 0.717) is 28.8 Å². The van der Waals surface area contributed by atoms with Crippen LogP contribution in [0.25, 0.3) is 5.69 Å². The van der Waals surface area contributed by atoms with Gasteiger partial charge < -0.3 is 4.90 Å². The molecule has 1 aliphatic heterocycles. The maximum Gasteiger partial charge on any atom is 0.265 e. The fourth-order valence-electron chi connectivity index (χ4n) is 3.74. The van der Waals surface area contributed by atoms with Crippen molar-refractivity contribution in [1.29, 1.82) is 0 Å². The Morgan fingerprint density at radius 2 is 1.77 bits per heavy atom. The van der Waals surface area contributed by atoms with E-state index in [1.807, 2.05) is 30.3 Å². The van der Waals surface area contributed by atoms with Gasteiger partial charge in [0.05, 0.1) is 28.8 Å². The molecule has 1 saturated heterocycles. The van der Waals surface area contributed by atoms with Crippen LogP contribution in [0.4, 0.5) is 5.69 Å². The van der Waals surface area contributed by atoms with Crippen LogP contribution in [0.3, 0.4) is 0 Å². The number of nitrogens with one attached hydrogen (secondary N) is 1. The molecular formula is C22H23BrN4O3S. The Morgan fingerprint density at radius 1 is 1.06 bits per heavy atom. The minimum absolute atomic E-state index is 0.0627. The molecule has 3 aromatic rings. The van der Waals surface area contributed by atoms with Crippen LogP contribution in [0.2, 0.25) is 0 Å². The highest BCUT2D eigenvalue weighted by Gasteiger charge is 2.26. The van der Waals surface area contributed by atoms with Crippen LogP contribution in [-0.4, -0.2) is 42.1 Å². The molecule has 7 nitrogen and oxygen atoms in total. The maximum atomic E-state index is 13.2. The van der Waals surface area contributed by atoms with Gasteiger partial charge in [-0.15, -0.1) is 0 Å². The molecule has 0 aliphatic carbocycles. The van der Waals surface area contributed by atoms with Crippen molar-refractivity contribution in [3.05, 3.63) is 70.5 Å². The van der Waals surface area contributed by atoms with Crippen molar-refractivity contribution in [3.8, 4) is 5.69 Å². The fraction of sp³-hybridized carbons (Fsp3) is 0.273. The average Bonchev–Trinajstić information content (AvgIpc) is 3.17. The minimum atomic E-state index is -3.96. The Labute approximate surface area is 190 Å². The zero-order chi connectivity index (χ0) is 22.0. The fourth-order valence-corrected chi connectivity index (χ4v) is 5.33. The number of aromatic nitrogens is 2. The predicted molar refractivity (Wildman–Crippen MR) is 123 cm³/mol. The van der Waals surface area contributed by atoms with Gasteiger partial charge in [-0.1, -0.05) is 34.1 Å². The van der Waals surface area contributed by atoms with Crippen molar-refractivity contribution in [2.75, 3.05) is 17.8 Å². The number of rotatable bonds is 5. The van der Waals surface area contributed by atoms with Gasteiger partial charge in [-0.3, -0.25) is 9.52 Å². The van der Waals surface area contributed by atoms with E-state index in [1.54, 1.807) is 34.7 Å². The van der Waals surface area contributed by atoms with E-state index in [4.69, 9.17) is 0 Å². The normalized spacial score (nSPS) is 14.5. The van der Waals surface area contributed by atoms with Gasteiger partial charge in [0.2, 0.25) is 0 Å². The second-order valence-corrected chi connectivity index (χ2v) is 10.1. The third-order valence-corrected chi connectivity index (χ3v) is 7.32. The monoisotopic (exact) mass is 502 g/mol. The van der Waals surface area contributed by atoms with Gasteiger partial charge in [-0.05, 0) is 56.5 Å². The Balaban J connectivity index is 1.67. The molecule has 9 heteroatoms. The first-order chi connectivity index (χ1) is 14.9. The summed E-state index contributed by atoms with van der Waals surface area (Å²) in [4.78, 5) is 14.9.